The average molecular weight is 380 g/mol. The first-order valence-corrected chi connectivity index (χ1v) is 9.97. The summed E-state index contributed by atoms with van der Waals surface area (Å²) in [5.74, 6) is -0.480. The lowest BCUT2D eigenvalue weighted by Crippen LogP contribution is -2.45. The van der Waals surface area contributed by atoms with Crippen LogP contribution in [0.5, 0.6) is 0 Å². The van der Waals surface area contributed by atoms with Crippen LogP contribution in [0.15, 0.2) is 23.5 Å². The zero-order chi connectivity index (χ0) is 18.9. The number of sulfonamides is 1. The molecule has 1 N–H and O–H groups in total. The molecule has 1 fully saturated rings. The minimum absolute atomic E-state index is 0.126. The number of hydrogen-bond donors (Lipinski definition) is 1. The molecule has 0 unspecified atom stereocenters. The van der Waals surface area contributed by atoms with Gasteiger partial charge in [-0.15, -0.1) is 0 Å². The molecular weight excluding hydrogens is 356 g/mol. The summed E-state index contributed by atoms with van der Waals surface area (Å²) >= 11 is 0. The lowest BCUT2D eigenvalue weighted by Gasteiger charge is -2.30. The zero-order valence-corrected chi connectivity index (χ0v) is 16.0. The second-order valence-electron chi connectivity index (χ2n) is 6.65. The summed E-state index contributed by atoms with van der Waals surface area (Å²) in [7, 11) is -0.0988. The number of carbonyl (C=O) groups excluding carboxylic acids is 1. The van der Waals surface area contributed by atoms with Gasteiger partial charge >= 0.3 is 0 Å². The summed E-state index contributed by atoms with van der Waals surface area (Å²) in [4.78, 5) is 12.7. The maximum Gasteiger partial charge on any atom is 0.246 e. The Kier molecular flexibility index (Phi) is 5.15. The summed E-state index contributed by atoms with van der Waals surface area (Å²) in [6.07, 6.45) is 5.88. The molecule has 2 aromatic heterocycles. The highest BCUT2D eigenvalue weighted by Gasteiger charge is 2.33. The van der Waals surface area contributed by atoms with Crippen LogP contribution in [0.2, 0.25) is 0 Å². The molecular formula is C16H24N6O3S. The number of nitrogens with one attached hydrogen (secondary N) is 1. The predicted molar refractivity (Wildman–Crippen MR) is 94.5 cm³/mol. The molecule has 0 saturated carbocycles. The first-order chi connectivity index (χ1) is 12.3. The Labute approximate surface area is 153 Å². The van der Waals surface area contributed by atoms with Crippen LogP contribution in [0.1, 0.15) is 24.1 Å². The second kappa shape index (κ2) is 7.20. The first-order valence-electron chi connectivity index (χ1n) is 8.53. The molecule has 3 heterocycles. The Morgan fingerprint density at radius 3 is 2.69 bits per heavy atom. The Bertz CT molecular complexity index is 901. The summed E-state index contributed by atoms with van der Waals surface area (Å²) in [6.45, 7) is 2.94. The maximum absolute atomic E-state index is 12.7. The highest BCUT2D eigenvalue weighted by molar-refractivity contribution is 7.89. The van der Waals surface area contributed by atoms with Crippen LogP contribution in [-0.4, -0.2) is 51.3 Å². The Hall–Kier alpha value is -2.20. The fourth-order valence-electron chi connectivity index (χ4n) is 3.10. The third kappa shape index (κ3) is 3.65. The average Bonchev–Trinajstić information content (AvgIpc) is 3.20. The summed E-state index contributed by atoms with van der Waals surface area (Å²) in [5, 5.41) is 11.0. The highest BCUT2D eigenvalue weighted by atomic mass is 32.2. The van der Waals surface area contributed by atoms with Crippen molar-refractivity contribution in [3.05, 3.63) is 29.8 Å². The SMILES string of the molecule is Cc1c(CNC(=O)[C@H]2CCCN(S(=O)(=O)c3cnn(C)c3)C2)cnn1C. The number of nitrogens with zero attached hydrogens (tertiary/aromatic N) is 5. The highest BCUT2D eigenvalue weighted by Crippen LogP contribution is 2.23. The van der Waals surface area contributed by atoms with Crippen molar-refractivity contribution in [1.29, 1.82) is 0 Å². The van der Waals surface area contributed by atoms with E-state index >= 15 is 0 Å². The summed E-state index contributed by atoms with van der Waals surface area (Å²) in [6, 6.07) is 0. The van der Waals surface area contributed by atoms with Crippen molar-refractivity contribution in [3.63, 3.8) is 0 Å². The van der Waals surface area contributed by atoms with Crippen molar-refractivity contribution in [1.82, 2.24) is 29.2 Å². The van der Waals surface area contributed by atoms with Crippen LogP contribution < -0.4 is 5.32 Å². The van der Waals surface area contributed by atoms with E-state index < -0.39 is 10.0 Å². The van der Waals surface area contributed by atoms with Gasteiger partial charge in [-0.1, -0.05) is 0 Å². The molecule has 1 saturated heterocycles. The minimum atomic E-state index is -3.62. The topological polar surface area (TPSA) is 102 Å². The smallest absolute Gasteiger partial charge is 0.246 e. The van der Waals surface area contributed by atoms with Crippen LogP contribution in [0.4, 0.5) is 0 Å². The van der Waals surface area contributed by atoms with Gasteiger partial charge in [0.25, 0.3) is 0 Å². The first kappa shape index (κ1) is 18.6. The van der Waals surface area contributed by atoms with E-state index in [0.29, 0.717) is 25.9 Å². The van der Waals surface area contributed by atoms with Crippen molar-refractivity contribution < 1.29 is 13.2 Å². The molecule has 26 heavy (non-hydrogen) atoms. The third-order valence-corrected chi connectivity index (χ3v) is 6.68. The molecule has 1 aliphatic heterocycles. The zero-order valence-electron chi connectivity index (χ0n) is 15.2. The van der Waals surface area contributed by atoms with E-state index in [0.717, 1.165) is 11.3 Å². The molecule has 1 aliphatic rings. The lowest BCUT2D eigenvalue weighted by molar-refractivity contribution is -0.126. The number of carbonyl (C=O) groups is 1. The number of amides is 1. The Morgan fingerprint density at radius 2 is 2.08 bits per heavy atom. The van der Waals surface area contributed by atoms with Gasteiger partial charge in [-0.05, 0) is 19.8 Å². The fraction of sp³-hybridized carbons (Fsp3) is 0.562. The molecule has 142 valence electrons. The number of piperidine rings is 1. The molecule has 0 aromatic carbocycles. The van der Waals surface area contributed by atoms with Gasteiger partial charge in [0.1, 0.15) is 4.90 Å². The van der Waals surface area contributed by atoms with Crippen LogP contribution in [0.25, 0.3) is 0 Å². The standard InChI is InChI=1S/C16H24N6O3S/c1-12-14(8-19-21(12)3)7-17-16(23)13-5-4-6-22(10-13)26(24,25)15-9-18-20(2)11-15/h8-9,11,13H,4-7,10H2,1-3H3,(H,17,23)/t13-/m0/s1. The molecule has 0 spiro atoms. The van der Waals surface area contributed by atoms with Crippen molar-refractivity contribution in [2.45, 2.75) is 31.2 Å². The van der Waals surface area contributed by atoms with Gasteiger partial charge in [-0.2, -0.15) is 14.5 Å². The Balaban J connectivity index is 1.64. The van der Waals surface area contributed by atoms with Gasteiger partial charge in [0.15, 0.2) is 0 Å². The van der Waals surface area contributed by atoms with Crippen LogP contribution in [-0.2, 0) is 35.5 Å². The van der Waals surface area contributed by atoms with Gasteiger partial charge in [-0.3, -0.25) is 14.2 Å². The molecule has 0 aliphatic carbocycles. The normalized spacial score (nSPS) is 18.8. The number of rotatable bonds is 5. The van der Waals surface area contributed by atoms with Gasteiger partial charge in [0.2, 0.25) is 15.9 Å². The molecule has 9 nitrogen and oxygen atoms in total. The third-order valence-electron chi connectivity index (χ3n) is 4.86. The van der Waals surface area contributed by atoms with E-state index in [2.05, 4.69) is 15.5 Å². The van der Waals surface area contributed by atoms with E-state index in [9.17, 15) is 13.2 Å². The molecule has 10 heteroatoms. The minimum Gasteiger partial charge on any atom is -0.352 e. The molecule has 0 bridgehead atoms. The number of aromatic nitrogens is 4. The van der Waals surface area contributed by atoms with Crippen LogP contribution in [0, 0.1) is 12.8 Å². The van der Waals surface area contributed by atoms with Crippen molar-refractivity contribution >= 4 is 15.9 Å². The maximum atomic E-state index is 12.7. The van der Waals surface area contributed by atoms with E-state index in [4.69, 9.17) is 0 Å². The fourth-order valence-corrected chi connectivity index (χ4v) is 4.61. The monoisotopic (exact) mass is 380 g/mol. The number of aryl methyl sites for hydroxylation is 2. The molecule has 3 rings (SSSR count). The second-order valence-corrected chi connectivity index (χ2v) is 8.59. The Morgan fingerprint density at radius 1 is 1.31 bits per heavy atom. The predicted octanol–water partition coefficient (Wildman–Crippen LogP) is 0.179. The van der Waals surface area contributed by atoms with Gasteiger partial charge in [0.05, 0.1) is 18.3 Å². The number of hydrogen-bond acceptors (Lipinski definition) is 5. The van der Waals surface area contributed by atoms with E-state index in [-0.39, 0.29) is 23.3 Å². The molecule has 1 amide bonds. The summed E-state index contributed by atoms with van der Waals surface area (Å²) in [5.41, 5.74) is 1.95. The largest absolute Gasteiger partial charge is 0.352 e. The molecule has 0 radical (unpaired) electrons. The quantitative estimate of drug-likeness (QED) is 0.797. The van der Waals surface area contributed by atoms with Crippen molar-refractivity contribution in [2.24, 2.45) is 20.0 Å². The van der Waals surface area contributed by atoms with Crippen molar-refractivity contribution in [3.8, 4) is 0 Å². The molecule has 1 atom stereocenters. The molecule has 2 aromatic rings. The van der Waals surface area contributed by atoms with Crippen LogP contribution in [0.3, 0.4) is 0 Å². The lowest BCUT2D eigenvalue weighted by atomic mass is 9.99. The van der Waals surface area contributed by atoms with E-state index in [1.165, 1.54) is 21.4 Å². The van der Waals surface area contributed by atoms with Crippen LogP contribution >= 0.6 is 0 Å². The van der Waals surface area contributed by atoms with E-state index in [1.807, 2.05) is 14.0 Å². The van der Waals surface area contributed by atoms with Gasteiger partial charge in [0, 0.05) is 51.2 Å². The van der Waals surface area contributed by atoms with Gasteiger partial charge in [-0.25, -0.2) is 8.42 Å². The van der Waals surface area contributed by atoms with Gasteiger partial charge < -0.3 is 5.32 Å². The summed E-state index contributed by atoms with van der Waals surface area (Å²) < 4.78 is 30.0. The van der Waals surface area contributed by atoms with Crippen molar-refractivity contribution in [2.75, 3.05) is 13.1 Å². The van der Waals surface area contributed by atoms with E-state index in [1.54, 1.807) is 17.9 Å².